The SMILES string of the molecule is C=C(C(NC(=O)c1cc(C(N)=O)nc2cc(F)ccc12)=C(C)C)C(F)(F)F.CC.CCc1ccc(C(C)=O)cc1. The van der Waals surface area contributed by atoms with E-state index in [1.165, 1.54) is 25.5 Å². The molecule has 2 aromatic carbocycles. The molecule has 3 rings (SSSR count). The van der Waals surface area contributed by atoms with Gasteiger partial charge in [0.05, 0.1) is 22.4 Å². The number of amides is 2. The second-order valence-corrected chi connectivity index (χ2v) is 8.49. The van der Waals surface area contributed by atoms with E-state index in [9.17, 15) is 31.9 Å². The number of halogens is 4. The minimum atomic E-state index is -4.75. The molecule has 3 N–H and O–H groups in total. The summed E-state index contributed by atoms with van der Waals surface area (Å²) in [4.78, 5) is 38.8. The van der Waals surface area contributed by atoms with Gasteiger partial charge in [0.15, 0.2) is 5.78 Å². The molecule has 0 aliphatic carbocycles. The fourth-order valence-corrected chi connectivity index (χ4v) is 3.32. The van der Waals surface area contributed by atoms with Crippen molar-refractivity contribution in [2.75, 3.05) is 0 Å². The first-order chi connectivity index (χ1) is 18.6. The van der Waals surface area contributed by atoms with Crippen molar-refractivity contribution < 1.29 is 31.9 Å². The molecule has 0 spiro atoms. The lowest BCUT2D eigenvalue weighted by molar-refractivity contribution is -0.0894. The van der Waals surface area contributed by atoms with E-state index >= 15 is 0 Å². The number of rotatable bonds is 6. The zero-order valence-electron chi connectivity index (χ0n) is 23.3. The summed E-state index contributed by atoms with van der Waals surface area (Å²) in [6.07, 6.45) is -3.72. The highest BCUT2D eigenvalue weighted by molar-refractivity contribution is 6.09. The van der Waals surface area contributed by atoms with E-state index in [1.54, 1.807) is 6.92 Å². The largest absolute Gasteiger partial charge is 0.417 e. The molecule has 10 heteroatoms. The van der Waals surface area contributed by atoms with Crippen molar-refractivity contribution in [3.8, 4) is 0 Å². The van der Waals surface area contributed by atoms with Crippen LogP contribution in [0.5, 0.6) is 0 Å². The first kappa shape index (κ1) is 33.7. The summed E-state index contributed by atoms with van der Waals surface area (Å²) in [5.41, 5.74) is 5.14. The maximum Gasteiger partial charge on any atom is 0.417 e. The molecule has 6 nitrogen and oxygen atoms in total. The van der Waals surface area contributed by atoms with Crippen LogP contribution in [0.1, 0.15) is 78.3 Å². The monoisotopic (exact) mass is 559 g/mol. The highest BCUT2D eigenvalue weighted by Crippen LogP contribution is 2.30. The number of primary amides is 1. The molecule has 2 amide bonds. The van der Waals surface area contributed by atoms with Crippen molar-refractivity contribution >= 4 is 28.5 Å². The van der Waals surface area contributed by atoms with E-state index in [-0.39, 0.29) is 33.5 Å². The summed E-state index contributed by atoms with van der Waals surface area (Å²) in [6, 6.07) is 12.1. The van der Waals surface area contributed by atoms with E-state index in [2.05, 4.69) is 23.8 Å². The molecule has 0 saturated carbocycles. The Morgan fingerprint density at radius 1 is 0.975 bits per heavy atom. The summed E-state index contributed by atoms with van der Waals surface area (Å²) >= 11 is 0. The number of pyridine rings is 1. The highest BCUT2D eigenvalue weighted by Gasteiger charge is 2.35. The molecular formula is C30H33F4N3O3. The van der Waals surface area contributed by atoms with Gasteiger partial charge in [-0.05, 0) is 51.0 Å². The van der Waals surface area contributed by atoms with Crippen LogP contribution in [-0.4, -0.2) is 28.8 Å². The van der Waals surface area contributed by atoms with Gasteiger partial charge in [-0.15, -0.1) is 0 Å². The Morgan fingerprint density at radius 3 is 2.00 bits per heavy atom. The van der Waals surface area contributed by atoms with Crippen LogP contribution in [-0.2, 0) is 6.42 Å². The Hall–Kier alpha value is -4.34. The molecule has 1 heterocycles. The average molecular weight is 560 g/mol. The zero-order valence-corrected chi connectivity index (χ0v) is 23.3. The highest BCUT2D eigenvalue weighted by atomic mass is 19.4. The number of nitrogens with one attached hydrogen (secondary N) is 1. The minimum absolute atomic E-state index is 0.0372. The molecule has 3 aromatic rings. The Bertz CT molecular complexity index is 1420. The number of alkyl halides is 3. The molecule has 0 saturated heterocycles. The van der Waals surface area contributed by atoms with E-state index in [0.29, 0.717) is 0 Å². The van der Waals surface area contributed by atoms with Gasteiger partial charge < -0.3 is 11.1 Å². The molecule has 0 radical (unpaired) electrons. The van der Waals surface area contributed by atoms with Gasteiger partial charge >= 0.3 is 6.18 Å². The van der Waals surface area contributed by atoms with Crippen molar-refractivity contribution in [3.63, 3.8) is 0 Å². The number of carbonyl (C=O) groups excluding carboxylic acids is 3. The van der Waals surface area contributed by atoms with Crippen molar-refractivity contribution in [3.05, 3.63) is 100 Å². The van der Waals surface area contributed by atoms with Crippen LogP contribution in [0.4, 0.5) is 17.6 Å². The minimum Gasteiger partial charge on any atom is -0.364 e. The predicted molar refractivity (Wildman–Crippen MR) is 148 cm³/mol. The molecule has 40 heavy (non-hydrogen) atoms. The lowest BCUT2D eigenvalue weighted by atomic mass is 10.0. The van der Waals surface area contributed by atoms with E-state index in [1.807, 2.05) is 38.1 Å². The number of aromatic nitrogens is 1. The van der Waals surface area contributed by atoms with Crippen LogP contribution in [0.2, 0.25) is 0 Å². The summed E-state index contributed by atoms with van der Waals surface area (Å²) in [7, 11) is 0. The van der Waals surface area contributed by atoms with Crippen molar-refractivity contribution in [2.24, 2.45) is 5.73 Å². The third-order valence-electron chi connectivity index (χ3n) is 5.42. The number of ketones is 1. The molecule has 0 bridgehead atoms. The zero-order chi connectivity index (χ0) is 30.8. The second-order valence-electron chi connectivity index (χ2n) is 8.49. The number of benzene rings is 2. The van der Waals surface area contributed by atoms with Crippen molar-refractivity contribution in [1.82, 2.24) is 10.3 Å². The van der Waals surface area contributed by atoms with Crippen LogP contribution in [0.25, 0.3) is 10.9 Å². The molecule has 214 valence electrons. The molecule has 0 unspecified atom stereocenters. The second kappa shape index (κ2) is 14.7. The molecule has 0 aliphatic heterocycles. The number of nitrogens with zero attached hydrogens (tertiary/aromatic N) is 1. The first-order valence-electron chi connectivity index (χ1n) is 12.4. The molecular weight excluding hydrogens is 526 g/mol. The average Bonchev–Trinajstić information content (AvgIpc) is 2.91. The standard InChI is InChI=1S/C18H15F4N3O2.C10H12O.C2H6/c1-8(2)15(9(3)18(20,21)22)25-17(27)12-7-14(16(23)26)24-13-6-10(19)4-5-11(12)13;1-3-9-4-6-10(7-5-9)8(2)11;1-2/h4-7H,3H2,1-2H3,(H2,23,26)(H,25,27);4-7H,3H2,1-2H3;1-2H3. The number of hydrogen-bond donors (Lipinski definition) is 2. The molecule has 0 atom stereocenters. The summed E-state index contributed by atoms with van der Waals surface area (Å²) in [5, 5.41) is 2.30. The van der Waals surface area contributed by atoms with Crippen LogP contribution < -0.4 is 11.1 Å². The lowest BCUT2D eigenvalue weighted by Crippen LogP contribution is -2.29. The molecule has 0 aliphatic rings. The summed E-state index contributed by atoms with van der Waals surface area (Å²) < 4.78 is 52.4. The Kier molecular flexibility index (Phi) is 12.4. The normalized spacial score (nSPS) is 10.3. The summed E-state index contributed by atoms with van der Waals surface area (Å²) in [6.45, 7) is 13.4. The summed E-state index contributed by atoms with van der Waals surface area (Å²) in [5.74, 6) is -2.46. The van der Waals surface area contributed by atoms with Gasteiger partial charge in [0.25, 0.3) is 11.8 Å². The predicted octanol–water partition coefficient (Wildman–Crippen LogP) is 7.09. The van der Waals surface area contributed by atoms with Crippen LogP contribution in [0, 0.1) is 5.82 Å². The molecule has 1 aromatic heterocycles. The third-order valence-corrected chi connectivity index (χ3v) is 5.42. The van der Waals surface area contributed by atoms with Gasteiger partial charge in [-0.3, -0.25) is 14.4 Å². The van der Waals surface area contributed by atoms with Gasteiger partial charge in [0.1, 0.15) is 11.5 Å². The van der Waals surface area contributed by atoms with Gasteiger partial charge in [-0.2, -0.15) is 13.2 Å². The number of aryl methyl sites for hydroxylation is 1. The third kappa shape index (κ3) is 9.14. The topological polar surface area (TPSA) is 102 Å². The van der Waals surface area contributed by atoms with Gasteiger partial charge in [-0.1, -0.05) is 57.2 Å². The van der Waals surface area contributed by atoms with Gasteiger partial charge in [0, 0.05) is 17.0 Å². The van der Waals surface area contributed by atoms with Crippen LogP contribution in [0.3, 0.4) is 0 Å². The van der Waals surface area contributed by atoms with Crippen molar-refractivity contribution in [1.29, 1.82) is 0 Å². The Morgan fingerprint density at radius 2 is 1.55 bits per heavy atom. The number of nitrogens with two attached hydrogens (primary N) is 1. The van der Waals surface area contributed by atoms with Gasteiger partial charge in [0.2, 0.25) is 0 Å². The Labute approximate surface area is 231 Å². The number of hydrogen-bond acceptors (Lipinski definition) is 4. The number of Topliss-reactive ketones (excluding diaryl/α,β-unsaturated/α-hetero) is 1. The molecule has 0 fully saturated rings. The quantitative estimate of drug-likeness (QED) is 0.191. The number of fused-ring (bicyclic) bond motifs is 1. The number of allylic oxidation sites excluding steroid dienone is 2. The van der Waals surface area contributed by atoms with Crippen LogP contribution >= 0.6 is 0 Å². The van der Waals surface area contributed by atoms with Crippen LogP contribution in [0.15, 0.2) is 72.0 Å². The lowest BCUT2D eigenvalue weighted by Gasteiger charge is -2.17. The van der Waals surface area contributed by atoms with Crippen molar-refractivity contribution in [2.45, 2.75) is 54.1 Å². The fraction of sp³-hybridized carbons (Fsp3) is 0.267. The maximum atomic E-state index is 13.5. The number of carbonyl (C=O) groups is 3. The van der Waals surface area contributed by atoms with Gasteiger partial charge in [-0.25, -0.2) is 9.37 Å². The van der Waals surface area contributed by atoms with E-state index in [0.717, 1.165) is 30.2 Å². The maximum absolute atomic E-state index is 13.5. The fourth-order valence-electron chi connectivity index (χ4n) is 3.32. The first-order valence-corrected chi connectivity index (χ1v) is 12.4. The smallest absolute Gasteiger partial charge is 0.364 e. The Balaban J connectivity index is 0.000000512. The van der Waals surface area contributed by atoms with E-state index < -0.39 is 35.1 Å². The van der Waals surface area contributed by atoms with E-state index in [4.69, 9.17) is 5.73 Å².